The molecule has 0 heterocycles. The van der Waals surface area contributed by atoms with Crippen molar-refractivity contribution in [2.45, 2.75) is 27.7 Å². The second-order valence-corrected chi connectivity index (χ2v) is 6.80. The number of rotatable bonds is 8. The Balaban J connectivity index is 1.87. The van der Waals surface area contributed by atoms with Crippen molar-refractivity contribution in [1.82, 2.24) is 5.32 Å². The van der Waals surface area contributed by atoms with Gasteiger partial charge in [-0.25, -0.2) is 0 Å². The molecule has 0 aliphatic carbocycles. The quantitative estimate of drug-likeness (QED) is 0.712. The predicted molar refractivity (Wildman–Crippen MR) is 115 cm³/mol. The summed E-state index contributed by atoms with van der Waals surface area (Å²) in [6.07, 6.45) is 3.86. The first-order valence-electron chi connectivity index (χ1n) is 9.42. The molecule has 0 aliphatic rings. The molecule has 0 saturated heterocycles. The minimum atomic E-state index is -0.392. The van der Waals surface area contributed by atoms with E-state index >= 15 is 0 Å². The summed E-state index contributed by atoms with van der Waals surface area (Å²) >= 11 is 0. The molecule has 2 rings (SSSR count). The molecule has 0 saturated carbocycles. The van der Waals surface area contributed by atoms with Gasteiger partial charge in [0.2, 0.25) is 5.91 Å². The summed E-state index contributed by atoms with van der Waals surface area (Å²) in [5.74, 6) is 0.321. The van der Waals surface area contributed by atoms with Crippen LogP contribution in [0.15, 0.2) is 36.4 Å². The highest BCUT2D eigenvalue weighted by Gasteiger charge is 2.11. The van der Waals surface area contributed by atoms with Gasteiger partial charge in [-0.1, -0.05) is 35.9 Å². The number of carbonyl (C=O) groups excluding carboxylic acids is 2. The van der Waals surface area contributed by atoms with Crippen molar-refractivity contribution < 1.29 is 19.1 Å². The zero-order chi connectivity index (χ0) is 21.4. The van der Waals surface area contributed by atoms with Crippen LogP contribution in [0.1, 0.15) is 29.2 Å². The van der Waals surface area contributed by atoms with Crippen molar-refractivity contribution in [3.8, 4) is 11.5 Å². The summed E-state index contributed by atoms with van der Waals surface area (Å²) in [4.78, 5) is 24.2. The summed E-state index contributed by atoms with van der Waals surface area (Å²) in [5.41, 5.74) is 4.85. The molecule has 0 radical (unpaired) electrons. The van der Waals surface area contributed by atoms with Gasteiger partial charge in [-0.3, -0.25) is 9.59 Å². The Morgan fingerprint density at radius 3 is 2.31 bits per heavy atom. The van der Waals surface area contributed by atoms with Gasteiger partial charge in [-0.2, -0.15) is 0 Å². The molecule has 0 bridgehead atoms. The number of amides is 2. The van der Waals surface area contributed by atoms with Gasteiger partial charge in [0, 0.05) is 5.69 Å². The fourth-order valence-corrected chi connectivity index (χ4v) is 3.03. The molecule has 6 heteroatoms. The molecule has 0 atom stereocenters. The summed E-state index contributed by atoms with van der Waals surface area (Å²) < 4.78 is 10.8. The maximum absolute atomic E-state index is 12.2. The van der Waals surface area contributed by atoms with Gasteiger partial charge in [0.05, 0.1) is 13.7 Å². The highest BCUT2D eigenvalue weighted by atomic mass is 16.5. The summed E-state index contributed by atoms with van der Waals surface area (Å²) in [6, 6.07) is 9.45. The number of hydrogen-bond acceptors (Lipinski definition) is 4. The first-order chi connectivity index (χ1) is 13.8. The Morgan fingerprint density at radius 1 is 1.00 bits per heavy atom. The first kappa shape index (κ1) is 22.0. The highest BCUT2D eigenvalue weighted by molar-refractivity contribution is 5.96. The number of ether oxygens (including phenoxy) is 2. The lowest BCUT2D eigenvalue weighted by molar-refractivity contribution is -0.125. The van der Waals surface area contributed by atoms with Crippen LogP contribution in [0.3, 0.4) is 0 Å². The number of aryl methyl sites for hydroxylation is 3. The average Bonchev–Trinajstić information content (AvgIpc) is 2.68. The number of carbonyl (C=O) groups is 2. The lowest BCUT2D eigenvalue weighted by Crippen LogP contribution is -2.36. The second-order valence-electron chi connectivity index (χ2n) is 6.80. The van der Waals surface area contributed by atoms with E-state index in [1.54, 1.807) is 13.2 Å². The van der Waals surface area contributed by atoms with E-state index in [0.29, 0.717) is 11.5 Å². The molecular weight excluding hydrogens is 368 g/mol. The third-order valence-corrected chi connectivity index (χ3v) is 4.29. The Hall–Kier alpha value is -3.28. The highest BCUT2D eigenvalue weighted by Crippen LogP contribution is 2.28. The average molecular weight is 396 g/mol. The van der Waals surface area contributed by atoms with Gasteiger partial charge in [-0.15, -0.1) is 0 Å². The molecule has 2 aromatic carbocycles. The van der Waals surface area contributed by atoms with E-state index in [9.17, 15) is 9.59 Å². The van der Waals surface area contributed by atoms with Crippen molar-refractivity contribution in [3.63, 3.8) is 0 Å². The van der Waals surface area contributed by atoms with E-state index in [4.69, 9.17) is 9.47 Å². The first-order valence-corrected chi connectivity index (χ1v) is 9.42. The van der Waals surface area contributed by atoms with Gasteiger partial charge in [0.25, 0.3) is 5.91 Å². The zero-order valence-corrected chi connectivity index (χ0v) is 17.6. The molecule has 0 unspecified atom stereocenters. The van der Waals surface area contributed by atoms with E-state index in [2.05, 4.69) is 10.6 Å². The molecule has 29 heavy (non-hydrogen) atoms. The van der Waals surface area contributed by atoms with E-state index in [1.165, 1.54) is 0 Å². The monoisotopic (exact) mass is 396 g/mol. The van der Waals surface area contributed by atoms with Crippen LogP contribution >= 0.6 is 0 Å². The lowest BCUT2D eigenvalue weighted by atomic mass is 10.1. The van der Waals surface area contributed by atoms with Gasteiger partial charge in [0.15, 0.2) is 18.1 Å². The smallest absolute Gasteiger partial charge is 0.258 e. The maximum Gasteiger partial charge on any atom is 0.258 e. The topological polar surface area (TPSA) is 76.7 Å². The molecule has 6 nitrogen and oxygen atoms in total. The van der Waals surface area contributed by atoms with Gasteiger partial charge >= 0.3 is 0 Å². The number of allylic oxidation sites excluding steroid dienone is 1. The van der Waals surface area contributed by atoms with E-state index in [0.717, 1.165) is 27.9 Å². The number of benzene rings is 2. The van der Waals surface area contributed by atoms with Crippen LogP contribution in [0, 0.1) is 20.8 Å². The Kier molecular flexibility index (Phi) is 7.83. The Labute approximate surface area is 171 Å². The third-order valence-electron chi connectivity index (χ3n) is 4.29. The van der Waals surface area contributed by atoms with E-state index < -0.39 is 5.91 Å². The maximum atomic E-state index is 12.2. The van der Waals surface area contributed by atoms with Crippen LogP contribution < -0.4 is 20.1 Å². The number of methoxy groups -OCH3 is 1. The predicted octanol–water partition coefficient (Wildman–Crippen LogP) is 3.79. The lowest BCUT2D eigenvalue weighted by Gasteiger charge is -2.14. The molecule has 154 valence electrons. The molecule has 2 N–H and O–H groups in total. The fourth-order valence-electron chi connectivity index (χ4n) is 3.03. The molecular formula is C23H28N2O4. The summed E-state index contributed by atoms with van der Waals surface area (Å²) in [7, 11) is 1.54. The van der Waals surface area contributed by atoms with Crippen LogP contribution in [0.25, 0.3) is 6.08 Å². The van der Waals surface area contributed by atoms with Crippen LogP contribution in [0.4, 0.5) is 5.69 Å². The molecule has 0 aliphatic heterocycles. The Morgan fingerprint density at radius 2 is 1.69 bits per heavy atom. The standard InChI is InChI=1S/C23H28N2O4/c1-6-7-18-8-9-19(20(12-18)28-5)29-14-22(27)24-13-21(26)25-23-16(3)10-15(2)11-17(23)4/h6-12H,13-14H2,1-5H3,(H,24,27)(H,25,26)/b7-6+. The summed E-state index contributed by atoms with van der Waals surface area (Å²) in [6.45, 7) is 7.48. The van der Waals surface area contributed by atoms with Crippen LogP contribution in [0.2, 0.25) is 0 Å². The van der Waals surface area contributed by atoms with Crippen molar-refractivity contribution in [1.29, 1.82) is 0 Å². The zero-order valence-electron chi connectivity index (χ0n) is 17.6. The van der Waals surface area contributed by atoms with E-state index in [-0.39, 0.29) is 19.1 Å². The van der Waals surface area contributed by atoms with Crippen molar-refractivity contribution in [2.75, 3.05) is 25.6 Å². The minimum Gasteiger partial charge on any atom is -0.493 e. The van der Waals surface area contributed by atoms with Gasteiger partial charge < -0.3 is 20.1 Å². The Bertz CT molecular complexity index is 896. The van der Waals surface area contributed by atoms with Crippen LogP contribution in [-0.2, 0) is 9.59 Å². The molecule has 0 fully saturated rings. The van der Waals surface area contributed by atoms with Crippen molar-refractivity contribution in [3.05, 3.63) is 58.7 Å². The largest absolute Gasteiger partial charge is 0.493 e. The number of anilines is 1. The van der Waals surface area contributed by atoms with Gasteiger partial charge in [0.1, 0.15) is 0 Å². The second kappa shape index (κ2) is 10.3. The SMILES string of the molecule is C/C=C/c1ccc(OCC(=O)NCC(=O)Nc2c(C)cc(C)cc2C)c(OC)c1. The number of nitrogens with one attached hydrogen (secondary N) is 2. The fraction of sp³-hybridized carbons (Fsp3) is 0.304. The molecule has 0 aromatic heterocycles. The van der Waals surface area contributed by atoms with Gasteiger partial charge in [-0.05, 0) is 56.5 Å². The van der Waals surface area contributed by atoms with Crippen LogP contribution in [-0.4, -0.2) is 32.1 Å². The third kappa shape index (κ3) is 6.38. The van der Waals surface area contributed by atoms with E-state index in [1.807, 2.05) is 64.1 Å². The van der Waals surface area contributed by atoms with Crippen molar-refractivity contribution >= 4 is 23.6 Å². The van der Waals surface area contributed by atoms with Crippen molar-refractivity contribution in [2.24, 2.45) is 0 Å². The minimum absolute atomic E-state index is 0.133. The van der Waals surface area contributed by atoms with Crippen LogP contribution in [0.5, 0.6) is 11.5 Å². The molecule has 2 amide bonds. The normalized spacial score (nSPS) is 10.7. The molecule has 0 spiro atoms. The number of hydrogen-bond donors (Lipinski definition) is 2. The molecule has 2 aromatic rings. The summed E-state index contributed by atoms with van der Waals surface area (Å²) in [5, 5.41) is 5.41.